The largest absolute Gasteiger partial charge is 0.435 e. The average Bonchev–Trinajstić information content (AvgIpc) is 2.25. The van der Waals surface area contributed by atoms with Crippen molar-refractivity contribution in [2.24, 2.45) is 12.8 Å². The Morgan fingerprint density at radius 3 is 2.07 bits per heavy atom. The van der Waals surface area contributed by atoms with Gasteiger partial charge in [-0.25, -0.2) is 0 Å². The first-order chi connectivity index (χ1) is 6.55. The zero-order valence-corrected chi connectivity index (χ0v) is 9.24. The van der Waals surface area contributed by atoms with Crippen LogP contribution in [-0.2, 0) is 18.8 Å². The van der Waals surface area contributed by atoms with Crippen molar-refractivity contribution in [3.63, 3.8) is 0 Å². The van der Waals surface area contributed by atoms with Gasteiger partial charge in [-0.2, -0.15) is 18.3 Å². The van der Waals surface area contributed by atoms with Gasteiger partial charge in [0, 0.05) is 18.2 Å². The van der Waals surface area contributed by atoms with E-state index in [1.165, 1.54) is 20.9 Å². The zero-order chi connectivity index (χ0) is 12.0. The quantitative estimate of drug-likeness (QED) is 0.820. The third kappa shape index (κ3) is 2.26. The van der Waals surface area contributed by atoms with Gasteiger partial charge in [0.05, 0.1) is 0 Å². The third-order valence-corrected chi connectivity index (χ3v) is 2.32. The molecule has 0 aliphatic carbocycles. The van der Waals surface area contributed by atoms with Crippen LogP contribution in [0.5, 0.6) is 0 Å². The van der Waals surface area contributed by atoms with Crippen molar-refractivity contribution >= 4 is 11.6 Å². The summed E-state index contributed by atoms with van der Waals surface area (Å²) in [5.74, 6) is 0. The van der Waals surface area contributed by atoms with Crippen LogP contribution >= 0.6 is 11.6 Å². The van der Waals surface area contributed by atoms with Gasteiger partial charge in [-0.15, -0.1) is 0 Å². The summed E-state index contributed by atoms with van der Waals surface area (Å²) in [7, 11) is 1.34. The maximum atomic E-state index is 12.6. The molecule has 0 saturated carbocycles. The van der Waals surface area contributed by atoms with Gasteiger partial charge in [-0.1, -0.05) is 11.6 Å². The number of aryl methyl sites for hydroxylation is 1. The lowest BCUT2D eigenvalue weighted by atomic mass is 9.96. The molecule has 1 aromatic rings. The Bertz CT molecular complexity index is 376. The fraction of sp³-hybridized carbons (Fsp3) is 0.625. The number of rotatable bonds is 1. The molecule has 0 spiro atoms. The van der Waals surface area contributed by atoms with Crippen molar-refractivity contribution in [3.05, 3.63) is 16.4 Å². The molecule has 15 heavy (non-hydrogen) atoms. The highest BCUT2D eigenvalue weighted by molar-refractivity contribution is 6.30. The lowest BCUT2D eigenvalue weighted by Gasteiger charge is -2.20. The first-order valence-corrected chi connectivity index (χ1v) is 4.52. The molecule has 86 valence electrons. The number of halogens is 4. The van der Waals surface area contributed by atoms with Crippen LogP contribution in [0.3, 0.4) is 0 Å². The Labute approximate surface area is 90.0 Å². The van der Waals surface area contributed by atoms with E-state index in [0.29, 0.717) is 0 Å². The highest BCUT2D eigenvalue weighted by Gasteiger charge is 2.42. The van der Waals surface area contributed by atoms with E-state index in [0.717, 1.165) is 4.68 Å². The summed E-state index contributed by atoms with van der Waals surface area (Å²) in [5, 5.41) is 3.24. The lowest BCUT2D eigenvalue weighted by molar-refractivity contribution is -0.142. The van der Waals surface area contributed by atoms with Crippen LogP contribution in [0.15, 0.2) is 0 Å². The van der Waals surface area contributed by atoms with Crippen molar-refractivity contribution in [1.82, 2.24) is 9.78 Å². The van der Waals surface area contributed by atoms with Crippen molar-refractivity contribution in [2.45, 2.75) is 25.6 Å². The highest BCUT2D eigenvalue weighted by Crippen LogP contribution is 2.38. The molecule has 1 aromatic heterocycles. The van der Waals surface area contributed by atoms with Crippen LogP contribution in [0.4, 0.5) is 13.2 Å². The van der Waals surface area contributed by atoms with Gasteiger partial charge >= 0.3 is 6.18 Å². The molecule has 2 N–H and O–H groups in total. The second kappa shape index (κ2) is 3.38. The van der Waals surface area contributed by atoms with Crippen LogP contribution in [0.2, 0.25) is 5.15 Å². The first-order valence-electron chi connectivity index (χ1n) is 4.14. The van der Waals surface area contributed by atoms with Crippen LogP contribution in [-0.4, -0.2) is 9.78 Å². The van der Waals surface area contributed by atoms with Gasteiger partial charge in [0.2, 0.25) is 0 Å². The van der Waals surface area contributed by atoms with Crippen LogP contribution < -0.4 is 5.73 Å². The maximum absolute atomic E-state index is 12.6. The van der Waals surface area contributed by atoms with Gasteiger partial charge in [0.25, 0.3) is 0 Å². The monoisotopic (exact) mass is 241 g/mol. The van der Waals surface area contributed by atoms with Crippen LogP contribution in [0, 0.1) is 0 Å². The Morgan fingerprint density at radius 1 is 1.33 bits per heavy atom. The topological polar surface area (TPSA) is 43.8 Å². The predicted octanol–water partition coefficient (Wildman–Crippen LogP) is 2.29. The van der Waals surface area contributed by atoms with Gasteiger partial charge in [-0.05, 0) is 13.8 Å². The molecule has 0 saturated heterocycles. The lowest BCUT2D eigenvalue weighted by Crippen LogP contribution is -2.31. The number of hydrogen-bond acceptors (Lipinski definition) is 2. The van der Waals surface area contributed by atoms with Crippen molar-refractivity contribution in [3.8, 4) is 0 Å². The van der Waals surface area contributed by atoms with Gasteiger partial charge in [0.15, 0.2) is 5.69 Å². The Balaban J connectivity index is 3.48. The van der Waals surface area contributed by atoms with E-state index < -0.39 is 17.4 Å². The fourth-order valence-corrected chi connectivity index (χ4v) is 1.64. The number of nitrogens with zero attached hydrogens (tertiary/aromatic N) is 2. The molecular weight excluding hydrogens is 231 g/mol. The summed E-state index contributed by atoms with van der Waals surface area (Å²) in [6.07, 6.45) is -4.54. The van der Waals surface area contributed by atoms with E-state index in [2.05, 4.69) is 5.10 Å². The summed E-state index contributed by atoms with van der Waals surface area (Å²) >= 11 is 5.73. The minimum Gasteiger partial charge on any atom is -0.322 e. The molecule has 1 heterocycles. The Kier molecular flexibility index (Phi) is 2.78. The molecule has 3 nitrogen and oxygen atoms in total. The van der Waals surface area contributed by atoms with E-state index in [1.807, 2.05) is 0 Å². The molecule has 0 fully saturated rings. The average molecular weight is 242 g/mol. The second-order valence-electron chi connectivity index (χ2n) is 3.86. The van der Waals surface area contributed by atoms with E-state index in [-0.39, 0.29) is 10.7 Å². The number of aromatic nitrogens is 2. The van der Waals surface area contributed by atoms with Crippen molar-refractivity contribution in [1.29, 1.82) is 0 Å². The molecule has 0 aliphatic rings. The summed E-state index contributed by atoms with van der Waals surface area (Å²) in [4.78, 5) is 0. The minimum atomic E-state index is -4.54. The SMILES string of the molecule is Cn1nc(C(F)(F)F)c(C(C)(C)N)c1Cl. The smallest absolute Gasteiger partial charge is 0.322 e. The molecule has 0 unspecified atom stereocenters. The van der Waals surface area contributed by atoms with Gasteiger partial charge in [0.1, 0.15) is 5.15 Å². The van der Waals surface area contributed by atoms with E-state index in [9.17, 15) is 13.2 Å². The highest BCUT2D eigenvalue weighted by atomic mass is 35.5. The van der Waals surface area contributed by atoms with Crippen LogP contribution in [0.25, 0.3) is 0 Å². The predicted molar refractivity (Wildman–Crippen MR) is 50.4 cm³/mol. The second-order valence-corrected chi connectivity index (χ2v) is 4.22. The Hall–Kier alpha value is -0.750. The maximum Gasteiger partial charge on any atom is 0.435 e. The van der Waals surface area contributed by atoms with E-state index >= 15 is 0 Å². The fourth-order valence-electron chi connectivity index (χ4n) is 1.27. The summed E-state index contributed by atoms with van der Waals surface area (Å²) in [6.45, 7) is 2.90. The third-order valence-electron chi connectivity index (χ3n) is 1.89. The number of hydrogen-bond donors (Lipinski definition) is 1. The Morgan fingerprint density at radius 2 is 1.80 bits per heavy atom. The minimum absolute atomic E-state index is 0.0881. The molecule has 0 radical (unpaired) electrons. The van der Waals surface area contributed by atoms with Crippen molar-refractivity contribution < 1.29 is 13.2 Å². The summed E-state index contributed by atoms with van der Waals surface area (Å²) in [5.41, 5.74) is 3.24. The molecule has 7 heteroatoms. The number of alkyl halides is 3. The van der Waals surface area contributed by atoms with E-state index in [4.69, 9.17) is 17.3 Å². The molecule has 0 aliphatic heterocycles. The molecule has 0 atom stereocenters. The molecule has 0 amide bonds. The van der Waals surface area contributed by atoms with Gasteiger partial charge in [-0.3, -0.25) is 4.68 Å². The molecule has 0 bridgehead atoms. The standard InChI is InChI=1S/C8H11ClF3N3/c1-7(2,13)4-5(8(10,11)12)14-15(3)6(4)9/h13H2,1-3H3. The normalized spacial score (nSPS) is 13.3. The van der Waals surface area contributed by atoms with Crippen LogP contribution in [0.1, 0.15) is 25.1 Å². The molecule has 1 rings (SSSR count). The van der Waals surface area contributed by atoms with E-state index in [1.54, 1.807) is 0 Å². The molecule has 0 aromatic carbocycles. The van der Waals surface area contributed by atoms with Crippen molar-refractivity contribution in [2.75, 3.05) is 0 Å². The molecular formula is C8H11ClF3N3. The first kappa shape index (κ1) is 12.3. The van der Waals surface area contributed by atoms with Gasteiger partial charge < -0.3 is 5.73 Å². The number of nitrogens with two attached hydrogens (primary N) is 1. The zero-order valence-electron chi connectivity index (χ0n) is 8.48. The summed E-state index contributed by atoms with van der Waals surface area (Å²) in [6, 6.07) is 0. The summed E-state index contributed by atoms with van der Waals surface area (Å²) < 4.78 is 38.7.